The van der Waals surface area contributed by atoms with Crippen molar-refractivity contribution in [2.75, 3.05) is 0 Å². The molecule has 1 aromatic rings. The van der Waals surface area contributed by atoms with E-state index in [4.69, 9.17) is 0 Å². The van der Waals surface area contributed by atoms with E-state index in [0.29, 0.717) is 5.41 Å². The maximum Gasteiger partial charge on any atom is 0.0492 e. The van der Waals surface area contributed by atoms with Crippen LogP contribution in [-0.4, -0.2) is 9.78 Å². The zero-order valence-electron chi connectivity index (χ0n) is 6.46. The number of aryl methyl sites for hydroxylation is 1. The van der Waals surface area contributed by atoms with Crippen LogP contribution in [0.5, 0.6) is 0 Å². The SMILES string of the molecule is Cn1nccc1C1(C)CC1. The minimum Gasteiger partial charge on any atom is -0.272 e. The first-order valence-electron chi connectivity index (χ1n) is 3.71. The van der Waals surface area contributed by atoms with Gasteiger partial charge in [0.2, 0.25) is 0 Å². The van der Waals surface area contributed by atoms with Crippen LogP contribution in [0.1, 0.15) is 25.5 Å². The fourth-order valence-electron chi connectivity index (χ4n) is 1.41. The van der Waals surface area contributed by atoms with Gasteiger partial charge in [0.15, 0.2) is 0 Å². The lowest BCUT2D eigenvalue weighted by Gasteiger charge is -2.06. The second kappa shape index (κ2) is 1.62. The third-order valence-electron chi connectivity index (χ3n) is 2.44. The van der Waals surface area contributed by atoms with Crippen molar-refractivity contribution in [2.24, 2.45) is 7.05 Å². The summed E-state index contributed by atoms with van der Waals surface area (Å²) in [5, 5.41) is 4.14. The summed E-state index contributed by atoms with van der Waals surface area (Å²) in [6.45, 7) is 2.30. The minimum absolute atomic E-state index is 0.464. The van der Waals surface area contributed by atoms with Crippen LogP contribution in [0.3, 0.4) is 0 Å². The summed E-state index contributed by atoms with van der Waals surface area (Å²) in [6.07, 6.45) is 4.53. The molecule has 0 atom stereocenters. The molecule has 0 N–H and O–H groups in total. The first-order valence-corrected chi connectivity index (χ1v) is 3.71. The topological polar surface area (TPSA) is 17.8 Å². The van der Waals surface area contributed by atoms with E-state index < -0.39 is 0 Å². The summed E-state index contributed by atoms with van der Waals surface area (Å²) in [5.41, 5.74) is 1.85. The third-order valence-corrected chi connectivity index (χ3v) is 2.44. The van der Waals surface area contributed by atoms with Gasteiger partial charge in [-0.2, -0.15) is 5.10 Å². The van der Waals surface area contributed by atoms with Crippen LogP contribution in [0, 0.1) is 0 Å². The van der Waals surface area contributed by atoms with E-state index in [2.05, 4.69) is 18.1 Å². The fraction of sp³-hybridized carbons (Fsp3) is 0.625. The molecular weight excluding hydrogens is 124 g/mol. The van der Waals surface area contributed by atoms with E-state index >= 15 is 0 Å². The summed E-state index contributed by atoms with van der Waals surface area (Å²) in [7, 11) is 2.01. The highest BCUT2D eigenvalue weighted by molar-refractivity contribution is 5.21. The molecule has 1 aliphatic carbocycles. The lowest BCUT2D eigenvalue weighted by Crippen LogP contribution is -2.07. The molecule has 2 rings (SSSR count). The van der Waals surface area contributed by atoms with Gasteiger partial charge in [-0.25, -0.2) is 0 Å². The van der Waals surface area contributed by atoms with Crippen molar-refractivity contribution in [2.45, 2.75) is 25.2 Å². The molecule has 0 bridgehead atoms. The Hall–Kier alpha value is -0.790. The molecule has 10 heavy (non-hydrogen) atoms. The molecule has 2 nitrogen and oxygen atoms in total. The third kappa shape index (κ3) is 0.681. The van der Waals surface area contributed by atoms with E-state index in [0.717, 1.165) is 0 Å². The van der Waals surface area contributed by atoms with Crippen LogP contribution < -0.4 is 0 Å². The largest absolute Gasteiger partial charge is 0.272 e. The second-order valence-electron chi connectivity index (χ2n) is 3.40. The van der Waals surface area contributed by atoms with Crippen molar-refractivity contribution in [3.05, 3.63) is 18.0 Å². The molecule has 1 heterocycles. The highest BCUT2D eigenvalue weighted by atomic mass is 15.3. The quantitative estimate of drug-likeness (QED) is 0.571. The average Bonchev–Trinajstić information content (AvgIpc) is 2.44. The van der Waals surface area contributed by atoms with Crippen molar-refractivity contribution in [3.63, 3.8) is 0 Å². The Labute approximate surface area is 60.9 Å². The maximum absolute atomic E-state index is 4.14. The first-order chi connectivity index (χ1) is 4.72. The lowest BCUT2D eigenvalue weighted by molar-refractivity contribution is 0.635. The van der Waals surface area contributed by atoms with Crippen LogP contribution in [0.4, 0.5) is 0 Å². The molecule has 0 unspecified atom stereocenters. The second-order valence-corrected chi connectivity index (χ2v) is 3.40. The minimum atomic E-state index is 0.464. The molecule has 0 spiro atoms. The number of aromatic nitrogens is 2. The van der Waals surface area contributed by atoms with Gasteiger partial charge in [-0.15, -0.1) is 0 Å². The zero-order valence-corrected chi connectivity index (χ0v) is 6.46. The van der Waals surface area contributed by atoms with Gasteiger partial charge < -0.3 is 0 Å². The Morgan fingerprint density at radius 2 is 2.30 bits per heavy atom. The normalized spacial score (nSPS) is 21.0. The van der Waals surface area contributed by atoms with Crippen molar-refractivity contribution in [1.29, 1.82) is 0 Å². The molecule has 1 aromatic heterocycles. The molecule has 1 aliphatic rings. The summed E-state index contributed by atoms with van der Waals surface area (Å²) < 4.78 is 1.98. The predicted octanol–water partition coefficient (Wildman–Crippen LogP) is 1.47. The van der Waals surface area contributed by atoms with Crippen LogP contribution in [-0.2, 0) is 12.5 Å². The molecule has 1 saturated carbocycles. The van der Waals surface area contributed by atoms with Gasteiger partial charge in [0.25, 0.3) is 0 Å². The standard InChI is InChI=1S/C8H12N2/c1-8(4-5-8)7-3-6-9-10(7)2/h3,6H,4-5H2,1-2H3. The Bertz CT molecular complexity index is 246. The van der Waals surface area contributed by atoms with E-state index in [1.807, 2.05) is 17.9 Å². The smallest absolute Gasteiger partial charge is 0.0492 e. The van der Waals surface area contributed by atoms with E-state index in [9.17, 15) is 0 Å². The summed E-state index contributed by atoms with van der Waals surface area (Å²) in [4.78, 5) is 0. The molecule has 54 valence electrons. The predicted molar refractivity (Wildman–Crippen MR) is 39.8 cm³/mol. The molecule has 0 saturated heterocycles. The van der Waals surface area contributed by atoms with Gasteiger partial charge >= 0.3 is 0 Å². The van der Waals surface area contributed by atoms with Crippen LogP contribution in [0.2, 0.25) is 0 Å². The number of rotatable bonds is 1. The van der Waals surface area contributed by atoms with E-state index in [-0.39, 0.29) is 0 Å². The average molecular weight is 136 g/mol. The van der Waals surface area contributed by atoms with Crippen molar-refractivity contribution in [3.8, 4) is 0 Å². The molecule has 0 amide bonds. The van der Waals surface area contributed by atoms with Gasteiger partial charge in [-0.3, -0.25) is 4.68 Å². The molecule has 0 aromatic carbocycles. The summed E-state index contributed by atoms with van der Waals surface area (Å²) in [5.74, 6) is 0. The number of hydrogen-bond donors (Lipinski definition) is 0. The van der Waals surface area contributed by atoms with Crippen molar-refractivity contribution >= 4 is 0 Å². The summed E-state index contributed by atoms with van der Waals surface area (Å²) in [6, 6.07) is 2.12. The summed E-state index contributed by atoms with van der Waals surface area (Å²) >= 11 is 0. The van der Waals surface area contributed by atoms with Gasteiger partial charge in [0.1, 0.15) is 0 Å². The zero-order chi connectivity index (χ0) is 7.19. The fourth-order valence-corrected chi connectivity index (χ4v) is 1.41. The number of hydrogen-bond acceptors (Lipinski definition) is 1. The van der Waals surface area contributed by atoms with Gasteiger partial charge in [0, 0.05) is 24.4 Å². The van der Waals surface area contributed by atoms with E-state index in [1.165, 1.54) is 18.5 Å². The molecule has 0 radical (unpaired) electrons. The maximum atomic E-state index is 4.14. The van der Waals surface area contributed by atoms with Crippen LogP contribution >= 0.6 is 0 Å². The Morgan fingerprint density at radius 1 is 1.60 bits per heavy atom. The van der Waals surface area contributed by atoms with E-state index in [1.54, 1.807) is 0 Å². The van der Waals surface area contributed by atoms with Gasteiger partial charge in [-0.1, -0.05) is 6.92 Å². The van der Waals surface area contributed by atoms with Crippen LogP contribution in [0.25, 0.3) is 0 Å². The molecule has 0 aliphatic heterocycles. The van der Waals surface area contributed by atoms with Crippen molar-refractivity contribution in [1.82, 2.24) is 9.78 Å². The van der Waals surface area contributed by atoms with Crippen molar-refractivity contribution < 1.29 is 0 Å². The van der Waals surface area contributed by atoms with Crippen LogP contribution in [0.15, 0.2) is 12.3 Å². The molecular formula is C8H12N2. The first kappa shape index (κ1) is 5.96. The highest BCUT2D eigenvalue weighted by Crippen LogP contribution is 2.46. The Morgan fingerprint density at radius 3 is 2.70 bits per heavy atom. The number of nitrogens with zero attached hydrogens (tertiary/aromatic N) is 2. The molecule has 2 heteroatoms. The lowest BCUT2D eigenvalue weighted by atomic mass is 10.1. The Kier molecular flexibility index (Phi) is 0.967. The van der Waals surface area contributed by atoms with Gasteiger partial charge in [0.05, 0.1) is 0 Å². The Balaban J connectivity index is 2.42. The van der Waals surface area contributed by atoms with Gasteiger partial charge in [-0.05, 0) is 18.9 Å². The highest BCUT2D eigenvalue weighted by Gasteiger charge is 2.41. The molecule has 1 fully saturated rings. The monoisotopic (exact) mass is 136 g/mol.